The maximum atomic E-state index is 5.26. The van der Waals surface area contributed by atoms with Crippen LogP contribution in [-0.2, 0) is 18.3 Å². The molecule has 5 nitrogen and oxygen atoms in total. The molecule has 0 saturated carbocycles. The third kappa shape index (κ3) is 3.97. The lowest BCUT2D eigenvalue weighted by atomic mass is 10.0. The van der Waals surface area contributed by atoms with E-state index in [1.165, 1.54) is 31.4 Å². The van der Waals surface area contributed by atoms with Crippen LogP contribution in [0.3, 0.4) is 0 Å². The van der Waals surface area contributed by atoms with Gasteiger partial charge in [-0.05, 0) is 51.5 Å². The Hall–Kier alpha value is -1.43. The largest absolute Gasteiger partial charge is 0.385 e. The molecule has 1 saturated heterocycles. The fourth-order valence-electron chi connectivity index (χ4n) is 3.68. The predicted octanol–water partition coefficient (Wildman–Crippen LogP) is 2.51. The van der Waals surface area contributed by atoms with Crippen LogP contribution in [0.2, 0.25) is 0 Å². The molecule has 0 N–H and O–H groups in total. The minimum Gasteiger partial charge on any atom is -0.385 e. The van der Waals surface area contributed by atoms with Crippen molar-refractivity contribution in [3.63, 3.8) is 0 Å². The highest BCUT2D eigenvalue weighted by atomic mass is 16.5. The first-order valence-electron chi connectivity index (χ1n) is 9.01. The van der Waals surface area contributed by atoms with Crippen LogP contribution >= 0.6 is 0 Å². The lowest BCUT2D eigenvalue weighted by molar-refractivity contribution is 0.0973. The summed E-state index contributed by atoms with van der Waals surface area (Å²) in [7, 11) is 6.13. The van der Waals surface area contributed by atoms with Crippen molar-refractivity contribution in [2.24, 2.45) is 7.05 Å². The molecule has 24 heavy (non-hydrogen) atoms. The molecule has 1 aliphatic rings. The van der Waals surface area contributed by atoms with E-state index in [-0.39, 0.29) is 0 Å². The summed E-state index contributed by atoms with van der Waals surface area (Å²) < 4.78 is 7.51. The van der Waals surface area contributed by atoms with Gasteiger partial charge in [-0.2, -0.15) is 0 Å². The number of hydrogen-bond acceptors (Lipinski definition) is 4. The van der Waals surface area contributed by atoms with Crippen molar-refractivity contribution < 1.29 is 4.74 Å². The van der Waals surface area contributed by atoms with Gasteiger partial charge in [0.1, 0.15) is 5.82 Å². The molecule has 1 aliphatic heterocycles. The van der Waals surface area contributed by atoms with Gasteiger partial charge in [-0.3, -0.25) is 4.90 Å². The topological polar surface area (TPSA) is 33.5 Å². The molecule has 0 amide bonds. The first-order chi connectivity index (χ1) is 11.7. The number of benzene rings is 1. The second kappa shape index (κ2) is 8.10. The average molecular weight is 330 g/mol. The number of rotatable bonds is 7. The molecule has 0 bridgehead atoms. The van der Waals surface area contributed by atoms with E-state index in [1.54, 1.807) is 7.11 Å². The van der Waals surface area contributed by atoms with E-state index in [9.17, 15) is 0 Å². The van der Waals surface area contributed by atoms with Crippen LogP contribution in [0.4, 0.5) is 0 Å². The second-order valence-corrected chi connectivity index (χ2v) is 6.93. The van der Waals surface area contributed by atoms with Crippen molar-refractivity contribution in [1.82, 2.24) is 19.4 Å². The Bertz CT molecular complexity index is 646. The molecule has 0 aliphatic carbocycles. The first-order valence-corrected chi connectivity index (χ1v) is 9.01. The summed E-state index contributed by atoms with van der Waals surface area (Å²) in [6.45, 7) is 5.20. The van der Waals surface area contributed by atoms with Gasteiger partial charge < -0.3 is 14.2 Å². The van der Waals surface area contributed by atoms with Crippen molar-refractivity contribution in [2.45, 2.75) is 31.8 Å². The molecule has 1 fully saturated rings. The van der Waals surface area contributed by atoms with Crippen molar-refractivity contribution in [3.8, 4) is 0 Å². The van der Waals surface area contributed by atoms with E-state index >= 15 is 0 Å². The van der Waals surface area contributed by atoms with Crippen molar-refractivity contribution >= 4 is 11.0 Å². The number of para-hydroxylation sites is 2. The Balaban J connectivity index is 1.75. The van der Waals surface area contributed by atoms with E-state index in [0.717, 1.165) is 37.5 Å². The number of ether oxygens (including phenoxy) is 1. The third-order valence-electron chi connectivity index (χ3n) is 5.22. The summed E-state index contributed by atoms with van der Waals surface area (Å²) in [6.07, 6.45) is 3.56. The average Bonchev–Trinajstić information content (AvgIpc) is 2.91. The summed E-state index contributed by atoms with van der Waals surface area (Å²) in [5.41, 5.74) is 2.31. The van der Waals surface area contributed by atoms with E-state index in [4.69, 9.17) is 9.72 Å². The predicted molar refractivity (Wildman–Crippen MR) is 98.1 cm³/mol. The van der Waals surface area contributed by atoms with Gasteiger partial charge in [-0.15, -0.1) is 0 Å². The van der Waals surface area contributed by atoms with Crippen LogP contribution < -0.4 is 0 Å². The van der Waals surface area contributed by atoms with Gasteiger partial charge in [0.25, 0.3) is 0 Å². The standard InChI is InChI=1S/C19H30N4O/c1-21-12-9-16(10-13-21)23(11-6-14-24-3)15-19-20-17-7-4-5-8-18(17)22(19)2/h4-5,7-8,16H,6,9-15H2,1-3H3. The zero-order valence-corrected chi connectivity index (χ0v) is 15.2. The molecular formula is C19H30N4O. The van der Waals surface area contributed by atoms with E-state index in [2.05, 4.69) is 52.7 Å². The quantitative estimate of drug-likeness (QED) is 0.731. The van der Waals surface area contributed by atoms with Gasteiger partial charge in [0.05, 0.1) is 17.6 Å². The molecule has 0 radical (unpaired) electrons. The summed E-state index contributed by atoms with van der Waals surface area (Å²) in [4.78, 5) is 9.92. The maximum Gasteiger partial charge on any atom is 0.123 e. The number of fused-ring (bicyclic) bond motifs is 1. The monoisotopic (exact) mass is 330 g/mol. The van der Waals surface area contributed by atoms with E-state index in [0.29, 0.717) is 6.04 Å². The minimum absolute atomic E-state index is 0.651. The van der Waals surface area contributed by atoms with E-state index < -0.39 is 0 Å². The second-order valence-electron chi connectivity index (χ2n) is 6.93. The highest BCUT2D eigenvalue weighted by Gasteiger charge is 2.24. The zero-order chi connectivity index (χ0) is 16.9. The van der Waals surface area contributed by atoms with Crippen LogP contribution in [0.5, 0.6) is 0 Å². The normalized spacial score (nSPS) is 17.2. The summed E-state index contributed by atoms with van der Waals surface area (Å²) >= 11 is 0. The number of nitrogens with zero attached hydrogens (tertiary/aromatic N) is 4. The molecule has 132 valence electrons. The molecule has 0 spiro atoms. The van der Waals surface area contributed by atoms with Crippen LogP contribution in [0.1, 0.15) is 25.1 Å². The molecular weight excluding hydrogens is 300 g/mol. The minimum atomic E-state index is 0.651. The molecule has 5 heteroatoms. The number of likely N-dealkylation sites (tertiary alicyclic amines) is 1. The molecule has 1 aromatic carbocycles. The molecule has 2 heterocycles. The van der Waals surface area contributed by atoms with Crippen molar-refractivity contribution in [2.75, 3.05) is 40.4 Å². The van der Waals surface area contributed by atoms with Gasteiger partial charge in [0, 0.05) is 33.4 Å². The van der Waals surface area contributed by atoms with Crippen LogP contribution in [0.15, 0.2) is 24.3 Å². The number of imidazole rings is 1. The van der Waals surface area contributed by atoms with Gasteiger partial charge in [0.2, 0.25) is 0 Å². The summed E-state index contributed by atoms with van der Waals surface area (Å²) in [5.74, 6) is 1.16. The number of hydrogen-bond donors (Lipinski definition) is 0. The van der Waals surface area contributed by atoms with Gasteiger partial charge >= 0.3 is 0 Å². The SMILES string of the molecule is COCCCN(Cc1nc2ccccc2n1C)C1CCN(C)CC1. The first kappa shape index (κ1) is 17.4. The molecule has 1 aromatic heterocycles. The van der Waals surface area contributed by atoms with Crippen LogP contribution in [0, 0.1) is 0 Å². The molecule has 0 unspecified atom stereocenters. The lowest BCUT2D eigenvalue weighted by Crippen LogP contribution is -2.44. The Kier molecular flexibility index (Phi) is 5.87. The lowest BCUT2D eigenvalue weighted by Gasteiger charge is -2.37. The number of methoxy groups -OCH3 is 1. The highest BCUT2D eigenvalue weighted by molar-refractivity contribution is 5.75. The van der Waals surface area contributed by atoms with E-state index in [1.807, 2.05) is 0 Å². The third-order valence-corrected chi connectivity index (χ3v) is 5.22. The molecule has 3 rings (SSSR count). The Morgan fingerprint density at radius 1 is 1.21 bits per heavy atom. The van der Waals surface area contributed by atoms with Gasteiger partial charge in [-0.1, -0.05) is 12.1 Å². The van der Waals surface area contributed by atoms with Crippen molar-refractivity contribution in [1.29, 1.82) is 0 Å². The van der Waals surface area contributed by atoms with Crippen LogP contribution in [0.25, 0.3) is 11.0 Å². The highest BCUT2D eigenvalue weighted by Crippen LogP contribution is 2.21. The van der Waals surface area contributed by atoms with Gasteiger partial charge in [-0.25, -0.2) is 4.98 Å². The number of aryl methyl sites for hydroxylation is 1. The maximum absolute atomic E-state index is 5.26. The fourth-order valence-corrected chi connectivity index (χ4v) is 3.68. The Morgan fingerprint density at radius 2 is 1.96 bits per heavy atom. The zero-order valence-electron chi connectivity index (χ0n) is 15.2. The van der Waals surface area contributed by atoms with Crippen LogP contribution in [-0.4, -0.2) is 65.8 Å². The summed E-state index contributed by atoms with van der Waals surface area (Å²) in [5, 5.41) is 0. The number of piperidine rings is 1. The Morgan fingerprint density at radius 3 is 2.67 bits per heavy atom. The van der Waals surface area contributed by atoms with Crippen molar-refractivity contribution in [3.05, 3.63) is 30.1 Å². The Labute approximate surface area is 145 Å². The number of aromatic nitrogens is 2. The molecule has 0 atom stereocenters. The fraction of sp³-hybridized carbons (Fsp3) is 0.632. The smallest absolute Gasteiger partial charge is 0.123 e. The molecule has 2 aromatic rings. The van der Waals surface area contributed by atoms with Gasteiger partial charge in [0.15, 0.2) is 0 Å². The summed E-state index contributed by atoms with van der Waals surface area (Å²) in [6, 6.07) is 9.05.